The van der Waals surface area contributed by atoms with Crippen molar-refractivity contribution in [3.63, 3.8) is 0 Å². The van der Waals surface area contributed by atoms with E-state index in [0.717, 1.165) is 16.8 Å². The summed E-state index contributed by atoms with van der Waals surface area (Å²) in [5.74, 6) is 0.676. The molecule has 0 aliphatic heterocycles. The molecule has 0 fully saturated rings. The van der Waals surface area contributed by atoms with E-state index in [2.05, 4.69) is 30.9 Å². The SMILES string of the molecule is Clc1nc(Cc2cccnc2)nc(-c2ccccc2)c1Br. The highest BCUT2D eigenvalue weighted by Crippen LogP contribution is 2.31. The minimum atomic E-state index is 0.419. The smallest absolute Gasteiger partial charge is 0.147 e. The lowest BCUT2D eigenvalue weighted by atomic mass is 10.1. The molecule has 0 N–H and O–H groups in total. The van der Waals surface area contributed by atoms with Crippen LogP contribution in [0.5, 0.6) is 0 Å². The molecule has 0 unspecified atom stereocenters. The van der Waals surface area contributed by atoms with Gasteiger partial charge in [0.15, 0.2) is 0 Å². The number of halogens is 2. The third kappa shape index (κ3) is 3.28. The molecule has 3 aromatic rings. The Bertz CT molecular complexity index is 748. The fraction of sp³-hybridized carbons (Fsp3) is 0.0625. The number of pyridine rings is 1. The summed E-state index contributed by atoms with van der Waals surface area (Å²) in [5, 5.41) is 0.419. The Balaban J connectivity index is 2.02. The zero-order valence-corrected chi connectivity index (χ0v) is 13.3. The molecule has 21 heavy (non-hydrogen) atoms. The van der Waals surface area contributed by atoms with Crippen LogP contribution in [0.3, 0.4) is 0 Å². The Labute approximate surface area is 136 Å². The molecule has 0 atom stereocenters. The number of benzene rings is 1. The molecule has 5 heteroatoms. The van der Waals surface area contributed by atoms with E-state index in [4.69, 9.17) is 11.6 Å². The van der Waals surface area contributed by atoms with Gasteiger partial charge in [0.05, 0.1) is 10.2 Å². The monoisotopic (exact) mass is 359 g/mol. The first-order valence-electron chi connectivity index (χ1n) is 6.40. The maximum Gasteiger partial charge on any atom is 0.147 e. The standard InChI is InChI=1S/C16H11BrClN3/c17-14-15(12-6-2-1-3-7-12)20-13(21-16(14)18)9-11-5-4-8-19-10-11/h1-8,10H,9H2. The van der Waals surface area contributed by atoms with Crippen LogP contribution in [0, 0.1) is 0 Å². The summed E-state index contributed by atoms with van der Waals surface area (Å²) in [6.45, 7) is 0. The Hall–Kier alpha value is -1.78. The summed E-state index contributed by atoms with van der Waals surface area (Å²) in [5.41, 5.74) is 2.85. The molecule has 0 aliphatic rings. The number of rotatable bonds is 3. The summed E-state index contributed by atoms with van der Waals surface area (Å²) in [6.07, 6.45) is 4.15. The molecular formula is C16H11BrClN3. The second-order valence-electron chi connectivity index (χ2n) is 4.50. The van der Waals surface area contributed by atoms with E-state index in [1.165, 1.54) is 0 Å². The predicted octanol–water partition coefficient (Wildman–Crippen LogP) is 4.55. The van der Waals surface area contributed by atoms with Gasteiger partial charge in [-0.05, 0) is 27.6 Å². The fourth-order valence-electron chi connectivity index (χ4n) is 2.01. The quantitative estimate of drug-likeness (QED) is 0.643. The lowest BCUT2D eigenvalue weighted by Gasteiger charge is -2.08. The second kappa shape index (κ2) is 6.33. The first-order valence-corrected chi connectivity index (χ1v) is 7.57. The zero-order valence-electron chi connectivity index (χ0n) is 11.0. The highest BCUT2D eigenvalue weighted by atomic mass is 79.9. The van der Waals surface area contributed by atoms with E-state index in [-0.39, 0.29) is 0 Å². The first kappa shape index (κ1) is 14.2. The number of aromatic nitrogens is 3. The second-order valence-corrected chi connectivity index (χ2v) is 5.65. The van der Waals surface area contributed by atoms with Gasteiger partial charge in [-0.25, -0.2) is 9.97 Å². The van der Waals surface area contributed by atoms with Crippen molar-refractivity contribution in [3.8, 4) is 11.3 Å². The number of nitrogens with zero attached hydrogens (tertiary/aromatic N) is 3. The van der Waals surface area contributed by atoms with Gasteiger partial charge < -0.3 is 0 Å². The third-order valence-corrected chi connectivity index (χ3v) is 4.24. The lowest BCUT2D eigenvalue weighted by Crippen LogP contribution is -2.00. The molecule has 1 aromatic carbocycles. The van der Waals surface area contributed by atoms with Gasteiger partial charge in [-0.15, -0.1) is 0 Å². The van der Waals surface area contributed by atoms with Crippen LogP contribution in [-0.4, -0.2) is 15.0 Å². The Kier molecular flexibility index (Phi) is 4.27. The van der Waals surface area contributed by atoms with Gasteiger partial charge >= 0.3 is 0 Å². The van der Waals surface area contributed by atoms with Crippen LogP contribution in [-0.2, 0) is 6.42 Å². The Morgan fingerprint density at radius 1 is 1.00 bits per heavy atom. The van der Waals surface area contributed by atoms with E-state index < -0.39 is 0 Å². The lowest BCUT2D eigenvalue weighted by molar-refractivity contribution is 0.960. The van der Waals surface area contributed by atoms with Crippen molar-refractivity contribution in [2.24, 2.45) is 0 Å². The Morgan fingerprint density at radius 2 is 1.81 bits per heavy atom. The highest BCUT2D eigenvalue weighted by Gasteiger charge is 2.12. The maximum absolute atomic E-state index is 6.22. The minimum Gasteiger partial charge on any atom is -0.264 e. The van der Waals surface area contributed by atoms with Gasteiger partial charge in [0, 0.05) is 24.4 Å². The summed E-state index contributed by atoms with van der Waals surface area (Å²) in [6, 6.07) is 13.8. The van der Waals surface area contributed by atoms with Crippen molar-refractivity contribution in [3.05, 3.63) is 75.9 Å². The molecule has 2 heterocycles. The normalized spacial score (nSPS) is 10.6. The van der Waals surface area contributed by atoms with Crippen molar-refractivity contribution in [2.45, 2.75) is 6.42 Å². The van der Waals surface area contributed by atoms with Crippen LogP contribution in [0.1, 0.15) is 11.4 Å². The van der Waals surface area contributed by atoms with E-state index in [9.17, 15) is 0 Å². The fourth-order valence-corrected chi connectivity index (χ4v) is 2.61. The molecule has 3 nitrogen and oxygen atoms in total. The van der Waals surface area contributed by atoms with E-state index >= 15 is 0 Å². The van der Waals surface area contributed by atoms with Crippen LogP contribution < -0.4 is 0 Å². The van der Waals surface area contributed by atoms with Crippen LogP contribution in [0.2, 0.25) is 5.15 Å². The molecule has 0 bridgehead atoms. The van der Waals surface area contributed by atoms with Gasteiger partial charge in [0.2, 0.25) is 0 Å². The van der Waals surface area contributed by atoms with Gasteiger partial charge in [0.25, 0.3) is 0 Å². The van der Waals surface area contributed by atoms with Crippen LogP contribution in [0.15, 0.2) is 59.3 Å². The molecule has 0 saturated carbocycles. The van der Waals surface area contributed by atoms with Crippen molar-refractivity contribution in [1.82, 2.24) is 15.0 Å². The molecule has 0 aliphatic carbocycles. The van der Waals surface area contributed by atoms with Gasteiger partial charge in [0.1, 0.15) is 11.0 Å². The average molecular weight is 361 g/mol. The minimum absolute atomic E-state index is 0.419. The number of hydrogen-bond donors (Lipinski definition) is 0. The van der Waals surface area contributed by atoms with Gasteiger partial charge in [-0.3, -0.25) is 4.98 Å². The molecule has 0 spiro atoms. The molecule has 0 amide bonds. The van der Waals surface area contributed by atoms with Crippen molar-refractivity contribution in [2.75, 3.05) is 0 Å². The highest BCUT2D eigenvalue weighted by molar-refractivity contribution is 9.10. The summed E-state index contributed by atoms with van der Waals surface area (Å²) < 4.78 is 0.713. The van der Waals surface area contributed by atoms with Crippen molar-refractivity contribution >= 4 is 27.5 Å². The third-order valence-electron chi connectivity index (χ3n) is 2.99. The van der Waals surface area contributed by atoms with E-state index in [1.54, 1.807) is 6.20 Å². The molecule has 3 rings (SSSR count). The first-order chi connectivity index (χ1) is 10.2. The topological polar surface area (TPSA) is 38.7 Å². The summed E-state index contributed by atoms with van der Waals surface area (Å²) >= 11 is 9.69. The molecular weight excluding hydrogens is 350 g/mol. The summed E-state index contributed by atoms with van der Waals surface area (Å²) in [4.78, 5) is 13.1. The largest absolute Gasteiger partial charge is 0.264 e. The average Bonchev–Trinajstić information content (AvgIpc) is 2.52. The van der Waals surface area contributed by atoms with E-state index in [1.807, 2.05) is 48.7 Å². The predicted molar refractivity (Wildman–Crippen MR) is 87.2 cm³/mol. The Morgan fingerprint density at radius 3 is 2.52 bits per heavy atom. The van der Waals surface area contributed by atoms with E-state index in [0.29, 0.717) is 21.9 Å². The van der Waals surface area contributed by atoms with Crippen LogP contribution in [0.25, 0.3) is 11.3 Å². The summed E-state index contributed by atoms with van der Waals surface area (Å²) in [7, 11) is 0. The maximum atomic E-state index is 6.22. The number of hydrogen-bond acceptors (Lipinski definition) is 3. The molecule has 0 radical (unpaired) electrons. The van der Waals surface area contributed by atoms with Crippen molar-refractivity contribution in [1.29, 1.82) is 0 Å². The van der Waals surface area contributed by atoms with Gasteiger partial charge in [-0.2, -0.15) is 0 Å². The van der Waals surface area contributed by atoms with Crippen LogP contribution >= 0.6 is 27.5 Å². The zero-order chi connectivity index (χ0) is 14.7. The van der Waals surface area contributed by atoms with Crippen LogP contribution in [0.4, 0.5) is 0 Å². The molecule has 0 saturated heterocycles. The van der Waals surface area contributed by atoms with Crippen molar-refractivity contribution < 1.29 is 0 Å². The van der Waals surface area contributed by atoms with Gasteiger partial charge in [-0.1, -0.05) is 48.0 Å². The molecule has 2 aromatic heterocycles. The molecule has 104 valence electrons.